The number of carbonyl (C=O) groups excluding carboxylic acids is 1. The van der Waals surface area contributed by atoms with Gasteiger partial charge in [0.05, 0.1) is 0 Å². The maximum absolute atomic E-state index is 12.3. The molecule has 2 aliphatic heterocycles. The average molecular weight is 381 g/mol. The van der Waals surface area contributed by atoms with E-state index in [2.05, 4.69) is 34.1 Å². The van der Waals surface area contributed by atoms with Gasteiger partial charge in [-0.2, -0.15) is 0 Å². The van der Waals surface area contributed by atoms with E-state index in [0.29, 0.717) is 11.8 Å². The highest BCUT2D eigenvalue weighted by atomic mass is 16.3. The molecule has 1 atom stereocenters. The fraction of sp³-hybridized carbons (Fsp3) is 0.542. The molecule has 150 valence electrons. The first kappa shape index (κ1) is 19.3. The van der Waals surface area contributed by atoms with Crippen LogP contribution in [0.2, 0.25) is 0 Å². The molecule has 2 aliphatic rings. The monoisotopic (exact) mass is 380 g/mol. The Morgan fingerprint density at radius 3 is 2.75 bits per heavy atom. The van der Waals surface area contributed by atoms with Gasteiger partial charge in [-0.05, 0) is 75.3 Å². The lowest BCUT2D eigenvalue weighted by Crippen LogP contribution is -2.36. The minimum atomic E-state index is 0.371. The van der Waals surface area contributed by atoms with Gasteiger partial charge in [-0.15, -0.1) is 0 Å². The Labute approximate surface area is 168 Å². The molecule has 0 aliphatic carbocycles. The van der Waals surface area contributed by atoms with Crippen molar-refractivity contribution in [3.63, 3.8) is 0 Å². The molecule has 0 saturated carbocycles. The minimum absolute atomic E-state index is 0.371. The normalized spacial score (nSPS) is 20.6. The largest absolute Gasteiger partial charge is 0.461 e. The number of benzene rings is 1. The third-order valence-corrected chi connectivity index (χ3v) is 6.19. The van der Waals surface area contributed by atoms with Gasteiger partial charge in [-0.3, -0.25) is 9.69 Å². The molecule has 0 radical (unpaired) electrons. The number of aryl methyl sites for hydroxylation is 1. The van der Waals surface area contributed by atoms with Gasteiger partial charge in [0.25, 0.3) is 0 Å². The van der Waals surface area contributed by atoms with Gasteiger partial charge in [0.15, 0.2) is 0 Å². The summed E-state index contributed by atoms with van der Waals surface area (Å²) in [7, 11) is 0. The van der Waals surface area contributed by atoms with E-state index >= 15 is 0 Å². The van der Waals surface area contributed by atoms with E-state index < -0.39 is 0 Å². The first-order valence-corrected chi connectivity index (χ1v) is 10.8. The summed E-state index contributed by atoms with van der Waals surface area (Å²) in [5.74, 6) is 2.91. The number of carbonyl (C=O) groups is 1. The summed E-state index contributed by atoms with van der Waals surface area (Å²) >= 11 is 0. The quantitative estimate of drug-likeness (QED) is 0.717. The van der Waals surface area contributed by atoms with Gasteiger partial charge < -0.3 is 9.32 Å². The summed E-state index contributed by atoms with van der Waals surface area (Å²) < 4.78 is 5.78. The van der Waals surface area contributed by atoms with Crippen molar-refractivity contribution < 1.29 is 9.21 Å². The highest BCUT2D eigenvalue weighted by Gasteiger charge is 2.23. The lowest BCUT2D eigenvalue weighted by atomic mass is 9.92. The molecule has 4 rings (SSSR count). The number of amides is 1. The summed E-state index contributed by atoms with van der Waals surface area (Å²) in [4.78, 5) is 17.0. The number of likely N-dealkylation sites (tertiary alicyclic amines) is 2. The number of hydrogen-bond acceptors (Lipinski definition) is 3. The molecule has 0 spiro atoms. The molecule has 4 nitrogen and oxygen atoms in total. The van der Waals surface area contributed by atoms with Crippen molar-refractivity contribution in [1.82, 2.24) is 9.80 Å². The molecule has 2 saturated heterocycles. The van der Waals surface area contributed by atoms with Gasteiger partial charge in [0, 0.05) is 38.2 Å². The Balaban J connectivity index is 1.30. The van der Waals surface area contributed by atoms with Crippen LogP contribution in [-0.2, 0) is 11.3 Å². The molecule has 4 heteroatoms. The summed E-state index contributed by atoms with van der Waals surface area (Å²) in [6, 6.07) is 12.8. The van der Waals surface area contributed by atoms with Crippen LogP contribution < -0.4 is 0 Å². The molecule has 3 heterocycles. The van der Waals surface area contributed by atoms with E-state index in [4.69, 9.17) is 4.42 Å². The highest BCUT2D eigenvalue weighted by molar-refractivity contribution is 5.76. The van der Waals surface area contributed by atoms with Crippen LogP contribution in [0.25, 0.3) is 11.3 Å². The fourth-order valence-electron chi connectivity index (χ4n) is 4.65. The summed E-state index contributed by atoms with van der Waals surface area (Å²) in [6.07, 6.45) is 6.62. The molecule has 1 unspecified atom stereocenters. The topological polar surface area (TPSA) is 36.7 Å². The van der Waals surface area contributed by atoms with Crippen molar-refractivity contribution in [2.75, 3.05) is 26.2 Å². The maximum Gasteiger partial charge on any atom is 0.222 e. The lowest BCUT2D eigenvalue weighted by Gasteiger charge is -2.33. The number of furan rings is 1. The Bertz CT molecular complexity index is 791. The summed E-state index contributed by atoms with van der Waals surface area (Å²) in [5.41, 5.74) is 2.48. The predicted octanol–water partition coefficient (Wildman–Crippen LogP) is 4.87. The van der Waals surface area contributed by atoms with E-state index in [9.17, 15) is 4.79 Å². The second-order valence-electron chi connectivity index (χ2n) is 8.48. The van der Waals surface area contributed by atoms with Gasteiger partial charge in [-0.25, -0.2) is 0 Å². The lowest BCUT2D eigenvalue weighted by molar-refractivity contribution is -0.130. The highest BCUT2D eigenvalue weighted by Crippen LogP contribution is 2.26. The number of hydrogen-bond donors (Lipinski definition) is 0. The van der Waals surface area contributed by atoms with Crippen molar-refractivity contribution in [2.24, 2.45) is 5.92 Å². The van der Waals surface area contributed by atoms with Gasteiger partial charge in [0.1, 0.15) is 11.5 Å². The van der Waals surface area contributed by atoms with E-state index in [1.54, 1.807) is 0 Å². The number of rotatable bonds is 6. The zero-order chi connectivity index (χ0) is 19.3. The van der Waals surface area contributed by atoms with Crippen molar-refractivity contribution >= 4 is 5.91 Å². The van der Waals surface area contributed by atoms with Crippen molar-refractivity contribution in [2.45, 2.75) is 52.0 Å². The Morgan fingerprint density at radius 1 is 1.11 bits per heavy atom. The van der Waals surface area contributed by atoms with Crippen LogP contribution in [0.3, 0.4) is 0 Å². The van der Waals surface area contributed by atoms with Crippen molar-refractivity contribution in [3.05, 3.63) is 47.7 Å². The molecule has 1 aromatic carbocycles. The smallest absolute Gasteiger partial charge is 0.222 e. The van der Waals surface area contributed by atoms with Crippen LogP contribution in [0.5, 0.6) is 0 Å². The van der Waals surface area contributed by atoms with Crippen LogP contribution in [0, 0.1) is 12.8 Å². The van der Waals surface area contributed by atoms with E-state index in [0.717, 1.165) is 62.6 Å². The Hall–Kier alpha value is -2.07. The molecule has 1 aromatic heterocycles. The molecule has 2 fully saturated rings. The van der Waals surface area contributed by atoms with Gasteiger partial charge in [-0.1, -0.05) is 18.2 Å². The molecule has 28 heavy (non-hydrogen) atoms. The summed E-state index contributed by atoms with van der Waals surface area (Å²) in [5, 5.41) is 0. The molecule has 1 amide bonds. The third-order valence-electron chi connectivity index (χ3n) is 6.19. The molecular weight excluding hydrogens is 348 g/mol. The van der Waals surface area contributed by atoms with Crippen molar-refractivity contribution in [3.8, 4) is 11.3 Å². The van der Waals surface area contributed by atoms with E-state index in [1.807, 2.05) is 19.1 Å². The van der Waals surface area contributed by atoms with E-state index in [1.165, 1.54) is 31.2 Å². The Kier molecular flexibility index (Phi) is 6.16. The fourth-order valence-corrected chi connectivity index (χ4v) is 4.65. The van der Waals surface area contributed by atoms with Crippen LogP contribution in [0.1, 0.15) is 49.8 Å². The minimum Gasteiger partial charge on any atom is -0.461 e. The zero-order valence-corrected chi connectivity index (χ0v) is 17.0. The number of piperidine rings is 1. The maximum atomic E-state index is 12.3. The van der Waals surface area contributed by atoms with Crippen LogP contribution in [-0.4, -0.2) is 41.9 Å². The third kappa shape index (κ3) is 4.85. The van der Waals surface area contributed by atoms with Crippen LogP contribution in [0.15, 0.2) is 40.8 Å². The first-order valence-electron chi connectivity index (χ1n) is 10.8. The molecular formula is C24H32N2O2. The first-order chi connectivity index (χ1) is 13.7. The molecule has 0 N–H and O–H groups in total. The van der Waals surface area contributed by atoms with Crippen LogP contribution in [0.4, 0.5) is 0 Å². The van der Waals surface area contributed by atoms with Gasteiger partial charge in [0.2, 0.25) is 5.91 Å². The van der Waals surface area contributed by atoms with Crippen LogP contribution >= 0.6 is 0 Å². The van der Waals surface area contributed by atoms with Crippen molar-refractivity contribution in [1.29, 1.82) is 0 Å². The SMILES string of the molecule is Cc1ccc(-c2cccc(CN3CCCC(CCC(=O)N4CCCC4)C3)c2)o1. The average Bonchev–Trinajstić information content (AvgIpc) is 3.39. The number of nitrogens with zero attached hydrogens (tertiary/aromatic N) is 2. The van der Waals surface area contributed by atoms with E-state index in [-0.39, 0.29) is 0 Å². The standard InChI is InChI=1S/C24H32N2O2/c1-19-9-11-23(28-19)22-8-4-6-21(16-22)18-25-13-5-7-20(17-25)10-12-24(27)26-14-2-3-15-26/h4,6,8-9,11,16,20H,2-3,5,7,10,12-15,17-18H2,1H3. The second-order valence-corrected chi connectivity index (χ2v) is 8.48. The Morgan fingerprint density at radius 2 is 1.96 bits per heavy atom. The van der Waals surface area contributed by atoms with Gasteiger partial charge >= 0.3 is 0 Å². The molecule has 0 bridgehead atoms. The second kappa shape index (κ2) is 8.95. The zero-order valence-electron chi connectivity index (χ0n) is 17.0. The molecule has 2 aromatic rings. The summed E-state index contributed by atoms with van der Waals surface area (Å²) in [6.45, 7) is 7.17. The predicted molar refractivity (Wildman–Crippen MR) is 112 cm³/mol.